The molecule has 0 saturated heterocycles. The minimum absolute atomic E-state index is 0.0313. The first-order valence-electron chi connectivity index (χ1n) is 6.36. The number of ketones is 2. The van der Waals surface area contributed by atoms with Crippen molar-refractivity contribution in [2.75, 3.05) is 0 Å². The summed E-state index contributed by atoms with van der Waals surface area (Å²) in [6.45, 7) is 0. The van der Waals surface area contributed by atoms with Crippen LogP contribution in [0.5, 0.6) is 0 Å². The molecule has 1 aromatic carbocycles. The molecule has 3 rings (SSSR count). The molecule has 108 valence electrons. The van der Waals surface area contributed by atoms with E-state index in [1.165, 1.54) is 12.5 Å². The summed E-state index contributed by atoms with van der Waals surface area (Å²) in [4.78, 5) is 28.7. The predicted molar refractivity (Wildman–Crippen MR) is 79.1 cm³/mol. The van der Waals surface area contributed by atoms with Gasteiger partial charge in [0.15, 0.2) is 11.5 Å². The first-order valence-corrected chi connectivity index (χ1v) is 6.74. The standard InChI is InChI=1S/C16H9ClN2O3/c17-12-5-3-10(4-6-12)16(21)14-13(9-22-19-14)15(20)11-2-1-7-18-8-11/h1-9H. The van der Waals surface area contributed by atoms with E-state index < -0.39 is 5.78 Å². The van der Waals surface area contributed by atoms with Crippen molar-refractivity contribution in [3.63, 3.8) is 0 Å². The smallest absolute Gasteiger partial charge is 0.215 e. The van der Waals surface area contributed by atoms with Crippen molar-refractivity contribution in [2.45, 2.75) is 0 Å². The van der Waals surface area contributed by atoms with E-state index >= 15 is 0 Å². The fourth-order valence-electron chi connectivity index (χ4n) is 1.95. The Kier molecular flexibility index (Phi) is 3.80. The van der Waals surface area contributed by atoms with Crippen molar-refractivity contribution in [2.24, 2.45) is 0 Å². The molecular weight excluding hydrogens is 304 g/mol. The lowest BCUT2D eigenvalue weighted by Gasteiger charge is -2.01. The maximum absolute atomic E-state index is 12.4. The van der Waals surface area contributed by atoms with E-state index in [1.54, 1.807) is 42.6 Å². The van der Waals surface area contributed by atoms with Crippen LogP contribution in [0.4, 0.5) is 0 Å². The number of carbonyl (C=O) groups excluding carboxylic acids is 2. The van der Waals surface area contributed by atoms with Gasteiger partial charge >= 0.3 is 0 Å². The maximum Gasteiger partial charge on any atom is 0.215 e. The zero-order chi connectivity index (χ0) is 15.5. The first kappa shape index (κ1) is 14.2. The average Bonchev–Trinajstić information content (AvgIpc) is 3.04. The van der Waals surface area contributed by atoms with E-state index in [1.807, 2.05) is 0 Å². The fourth-order valence-corrected chi connectivity index (χ4v) is 2.08. The van der Waals surface area contributed by atoms with Gasteiger partial charge in [-0.05, 0) is 36.4 Å². The molecule has 6 heteroatoms. The molecule has 0 radical (unpaired) electrons. The molecule has 0 fully saturated rings. The molecule has 0 atom stereocenters. The average molecular weight is 313 g/mol. The Bertz CT molecular complexity index is 826. The summed E-state index contributed by atoms with van der Waals surface area (Å²) in [5.74, 6) is -0.774. The number of rotatable bonds is 4. The highest BCUT2D eigenvalue weighted by molar-refractivity contribution is 6.30. The summed E-state index contributed by atoms with van der Waals surface area (Å²) in [5.41, 5.74) is 0.804. The summed E-state index contributed by atoms with van der Waals surface area (Å²) < 4.78 is 4.82. The van der Waals surface area contributed by atoms with Crippen LogP contribution in [0.15, 0.2) is 59.6 Å². The molecule has 0 amide bonds. The predicted octanol–water partition coefficient (Wildman–Crippen LogP) is 3.19. The number of hydrogen-bond acceptors (Lipinski definition) is 5. The second kappa shape index (κ2) is 5.91. The van der Waals surface area contributed by atoms with Gasteiger partial charge in [-0.15, -0.1) is 0 Å². The van der Waals surface area contributed by atoms with Crippen LogP contribution in [-0.2, 0) is 0 Å². The summed E-state index contributed by atoms with van der Waals surface area (Å²) in [7, 11) is 0. The van der Waals surface area contributed by atoms with Gasteiger partial charge in [0.2, 0.25) is 5.78 Å². The number of nitrogens with zero attached hydrogens (tertiary/aromatic N) is 2. The minimum Gasteiger partial charge on any atom is -0.363 e. The van der Waals surface area contributed by atoms with Gasteiger partial charge < -0.3 is 4.52 Å². The van der Waals surface area contributed by atoms with Crippen LogP contribution in [0.3, 0.4) is 0 Å². The summed E-state index contributed by atoms with van der Waals surface area (Å²) in [6.07, 6.45) is 4.15. The zero-order valence-electron chi connectivity index (χ0n) is 11.2. The molecule has 0 N–H and O–H groups in total. The molecule has 0 unspecified atom stereocenters. The van der Waals surface area contributed by atoms with Crippen molar-refractivity contribution >= 4 is 23.2 Å². The van der Waals surface area contributed by atoms with E-state index in [0.717, 1.165) is 0 Å². The second-order valence-corrected chi connectivity index (χ2v) is 4.92. The van der Waals surface area contributed by atoms with Crippen LogP contribution in [0.1, 0.15) is 32.0 Å². The monoisotopic (exact) mass is 312 g/mol. The number of aromatic nitrogens is 2. The van der Waals surface area contributed by atoms with Crippen molar-refractivity contribution in [3.8, 4) is 0 Å². The van der Waals surface area contributed by atoms with Crippen LogP contribution in [0.25, 0.3) is 0 Å². The van der Waals surface area contributed by atoms with E-state index in [2.05, 4.69) is 10.1 Å². The van der Waals surface area contributed by atoms with Gasteiger partial charge in [-0.2, -0.15) is 0 Å². The Morgan fingerprint density at radius 2 is 1.77 bits per heavy atom. The molecule has 22 heavy (non-hydrogen) atoms. The van der Waals surface area contributed by atoms with Gasteiger partial charge in [0.05, 0.1) is 5.56 Å². The van der Waals surface area contributed by atoms with Crippen molar-refractivity contribution in [1.82, 2.24) is 10.1 Å². The van der Waals surface area contributed by atoms with E-state index in [0.29, 0.717) is 16.1 Å². The second-order valence-electron chi connectivity index (χ2n) is 4.48. The van der Waals surface area contributed by atoms with Crippen molar-refractivity contribution in [1.29, 1.82) is 0 Å². The normalized spacial score (nSPS) is 10.4. The molecule has 0 saturated carbocycles. The summed E-state index contributed by atoms with van der Waals surface area (Å²) in [6, 6.07) is 9.57. The van der Waals surface area contributed by atoms with Crippen LogP contribution in [-0.4, -0.2) is 21.7 Å². The largest absolute Gasteiger partial charge is 0.363 e. The maximum atomic E-state index is 12.4. The molecule has 0 aliphatic heterocycles. The number of benzene rings is 1. The number of carbonyl (C=O) groups is 2. The SMILES string of the molecule is O=C(c1cccnc1)c1conc1C(=O)c1ccc(Cl)cc1. The van der Waals surface area contributed by atoms with Crippen LogP contribution >= 0.6 is 11.6 Å². The minimum atomic E-state index is -0.405. The molecule has 5 nitrogen and oxygen atoms in total. The molecule has 0 aliphatic rings. The first-order chi connectivity index (χ1) is 10.7. The lowest BCUT2D eigenvalue weighted by atomic mass is 10.0. The van der Waals surface area contributed by atoms with Gasteiger partial charge in [-0.1, -0.05) is 16.8 Å². The highest BCUT2D eigenvalue weighted by Gasteiger charge is 2.24. The topological polar surface area (TPSA) is 73.1 Å². The van der Waals surface area contributed by atoms with Gasteiger partial charge in [0.25, 0.3) is 0 Å². The molecule has 0 aliphatic carbocycles. The molecule has 0 bridgehead atoms. The molecule has 3 aromatic rings. The third-order valence-electron chi connectivity index (χ3n) is 3.06. The quantitative estimate of drug-likeness (QED) is 0.692. The van der Waals surface area contributed by atoms with Gasteiger partial charge in [0.1, 0.15) is 6.26 Å². The van der Waals surface area contributed by atoms with Crippen LogP contribution < -0.4 is 0 Å². The Labute approximate surface area is 130 Å². The Hall–Kier alpha value is -2.79. The number of pyridine rings is 1. The number of hydrogen-bond donors (Lipinski definition) is 0. The van der Waals surface area contributed by atoms with E-state index in [-0.39, 0.29) is 17.0 Å². The van der Waals surface area contributed by atoms with E-state index in [9.17, 15) is 9.59 Å². The Morgan fingerprint density at radius 1 is 1.00 bits per heavy atom. The van der Waals surface area contributed by atoms with Crippen LogP contribution in [0.2, 0.25) is 5.02 Å². The third-order valence-corrected chi connectivity index (χ3v) is 3.31. The Morgan fingerprint density at radius 3 is 2.45 bits per heavy atom. The molecule has 2 aromatic heterocycles. The van der Waals surface area contributed by atoms with Gasteiger partial charge in [0, 0.05) is 28.5 Å². The highest BCUT2D eigenvalue weighted by atomic mass is 35.5. The lowest BCUT2D eigenvalue weighted by Crippen LogP contribution is -2.10. The third kappa shape index (κ3) is 2.66. The van der Waals surface area contributed by atoms with Gasteiger partial charge in [-0.3, -0.25) is 14.6 Å². The summed E-state index contributed by atoms with van der Waals surface area (Å²) in [5, 5.41) is 4.18. The van der Waals surface area contributed by atoms with Crippen molar-refractivity contribution < 1.29 is 14.1 Å². The zero-order valence-corrected chi connectivity index (χ0v) is 11.9. The van der Waals surface area contributed by atoms with Gasteiger partial charge in [-0.25, -0.2) is 0 Å². The Balaban J connectivity index is 1.97. The van der Waals surface area contributed by atoms with Crippen LogP contribution in [0, 0.1) is 0 Å². The number of halogens is 1. The molecular formula is C16H9ClN2O3. The lowest BCUT2D eigenvalue weighted by molar-refractivity contribution is 0.1000. The molecule has 2 heterocycles. The molecule has 0 spiro atoms. The summed E-state index contributed by atoms with van der Waals surface area (Å²) >= 11 is 5.80. The van der Waals surface area contributed by atoms with Crippen molar-refractivity contribution in [3.05, 3.63) is 82.5 Å². The van der Waals surface area contributed by atoms with E-state index in [4.69, 9.17) is 16.1 Å². The highest BCUT2D eigenvalue weighted by Crippen LogP contribution is 2.18. The fraction of sp³-hybridized carbons (Fsp3) is 0.